The molecule has 0 aliphatic heterocycles. The average molecular weight is 346 g/mol. The van der Waals surface area contributed by atoms with E-state index < -0.39 is 66.4 Å². The first-order valence-corrected chi connectivity index (χ1v) is 7.06. The molecule has 1 aromatic heterocycles. The van der Waals surface area contributed by atoms with Gasteiger partial charge in [-0.25, -0.2) is 17.6 Å². The third-order valence-corrected chi connectivity index (χ3v) is 4.40. The summed E-state index contributed by atoms with van der Waals surface area (Å²) in [5.41, 5.74) is -3.26. The summed E-state index contributed by atoms with van der Waals surface area (Å²) in [6, 6.07) is -1.02. The molecule has 130 valence electrons. The van der Waals surface area contributed by atoms with Gasteiger partial charge in [0.2, 0.25) is 0 Å². The van der Waals surface area contributed by atoms with Gasteiger partial charge in [-0.3, -0.25) is 4.68 Å². The molecule has 1 N–H and O–H groups in total. The molecule has 0 saturated heterocycles. The van der Waals surface area contributed by atoms with Crippen molar-refractivity contribution in [2.45, 2.75) is 62.3 Å². The molecule has 0 spiro atoms. The fourth-order valence-electron chi connectivity index (χ4n) is 3.26. The van der Waals surface area contributed by atoms with E-state index in [9.17, 15) is 35.8 Å². The number of hydrogen-bond acceptors (Lipinski definition) is 2. The van der Waals surface area contributed by atoms with Crippen molar-refractivity contribution in [1.29, 1.82) is 0 Å². The van der Waals surface area contributed by atoms with Crippen LogP contribution in [0.1, 0.15) is 54.5 Å². The molecule has 3 rings (SSSR count). The highest BCUT2D eigenvalue weighted by molar-refractivity contribution is 5.39. The molecule has 1 aromatic rings. The summed E-state index contributed by atoms with van der Waals surface area (Å²) in [5.74, 6) is 0. The lowest BCUT2D eigenvalue weighted by Gasteiger charge is -2.29. The van der Waals surface area contributed by atoms with Crippen molar-refractivity contribution in [3.8, 4) is 0 Å². The Morgan fingerprint density at radius 3 is 2.26 bits per heavy atom. The minimum Gasteiger partial charge on any atom is -0.385 e. The number of rotatable bonds is 1. The normalized spacial score (nSPS) is 37.9. The number of aromatic nitrogens is 2. The highest BCUT2D eigenvalue weighted by Gasteiger charge is 2.52. The van der Waals surface area contributed by atoms with Crippen molar-refractivity contribution in [2.75, 3.05) is 0 Å². The van der Waals surface area contributed by atoms with Crippen LogP contribution in [-0.4, -0.2) is 33.4 Å². The van der Waals surface area contributed by atoms with E-state index in [0.29, 0.717) is 4.68 Å². The van der Waals surface area contributed by atoms with Crippen LogP contribution in [0.15, 0.2) is 0 Å². The zero-order valence-corrected chi connectivity index (χ0v) is 11.6. The topological polar surface area (TPSA) is 38.1 Å². The molecular formula is C13H13F7N2O. The molecule has 6 atom stereocenters. The van der Waals surface area contributed by atoms with Crippen molar-refractivity contribution in [3.05, 3.63) is 17.0 Å². The van der Waals surface area contributed by atoms with Crippen LogP contribution in [0.25, 0.3) is 0 Å². The molecule has 23 heavy (non-hydrogen) atoms. The smallest absolute Gasteiger partial charge is 0.385 e. The predicted octanol–water partition coefficient (Wildman–Crippen LogP) is 3.70. The van der Waals surface area contributed by atoms with Crippen LogP contribution in [0, 0.1) is 0 Å². The largest absolute Gasteiger partial charge is 0.435 e. The van der Waals surface area contributed by atoms with Gasteiger partial charge < -0.3 is 5.11 Å². The van der Waals surface area contributed by atoms with Gasteiger partial charge in [0.15, 0.2) is 18.0 Å². The summed E-state index contributed by atoms with van der Waals surface area (Å²) < 4.78 is 94.0. The molecule has 0 unspecified atom stereocenters. The molecule has 1 fully saturated rings. The molecule has 2 aliphatic rings. The van der Waals surface area contributed by atoms with Crippen molar-refractivity contribution >= 4 is 0 Å². The Labute approximate surface area is 126 Å². The molecule has 0 amide bonds. The van der Waals surface area contributed by atoms with Crippen LogP contribution >= 0.6 is 0 Å². The van der Waals surface area contributed by atoms with Gasteiger partial charge in [0, 0.05) is 12.0 Å². The summed E-state index contributed by atoms with van der Waals surface area (Å²) in [5, 5.41) is 12.8. The Balaban J connectivity index is 2.07. The minimum atomic E-state index is -5.02. The van der Waals surface area contributed by atoms with Gasteiger partial charge >= 0.3 is 6.18 Å². The van der Waals surface area contributed by atoms with Gasteiger partial charge in [0.05, 0.1) is 11.7 Å². The highest BCUT2D eigenvalue weighted by Crippen LogP contribution is 2.50. The van der Waals surface area contributed by atoms with E-state index in [1.807, 2.05) is 0 Å². The highest BCUT2D eigenvalue weighted by atomic mass is 19.4. The second kappa shape index (κ2) is 5.35. The van der Waals surface area contributed by atoms with Crippen LogP contribution in [0.2, 0.25) is 0 Å². The Morgan fingerprint density at radius 2 is 1.70 bits per heavy atom. The minimum absolute atomic E-state index is 0.0488. The number of fused-ring (bicyclic) bond motifs is 1. The SMILES string of the molecule is O[C@H]1c2c(C(F)(F)F)nn([C@@H]3CC[C@@H](F)[C@@H](F)C3)c2[C@@H](F)[C@H]1F. The lowest BCUT2D eigenvalue weighted by Crippen LogP contribution is -2.30. The van der Waals surface area contributed by atoms with E-state index >= 15 is 0 Å². The molecular weight excluding hydrogens is 333 g/mol. The third kappa shape index (κ3) is 2.50. The van der Waals surface area contributed by atoms with Gasteiger partial charge in [-0.2, -0.15) is 18.3 Å². The average Bonchev–Trinajstić information content (AvgIpc) is 2.96. The molecule has 1 saturated carbocycles. The van der Waals surface area contributed by atoms with Gasteiger partial charge in [0.25, 0.3) is 0 Å². The van der Waals surface area contributed by atoms with Gasteiger partial charge in [-0.1, -0.05) is 0 Å². The Bertz CT molecular complexity index is 602. The number of aliphatic hydroxyl groups excluding tert-OH is 1. The van der Waals surface area contributed by atoms with Crippen molar-refractivity contribution < 1.29 is 35.8 Å². The zero-order chi connectivity index (χ0) is 17.1. The van der Waals surface area contributed by atoms with E-state index in [4.69, 9.17) is 0 Å². The van der Waals surface area contributed by atoms with E-state index in [2.05, 4.69) is 5.10 Å². The maximum atomic E-state index is 14.0. The first-order chi connectivity index (χ1) is 10.6. The number of alkyl halides is 7. The van der Waals surface area contributed by atoms with Crippen molar-refractivity contribution in [2.24, 2.45) is 0 Å². The lowest BCUT2D eigenvalue weighted by molar-refractivity contribution is -0.143. The quantitative estimate of drug-likeness (QED) is 0.788. The standard InChI is InChI=1S/C13H13F7N2O/c14-5-2-1-4(3-6(5)15)22-10-7(11(23)9(17)8(10)16)12(21-22)13(18,19)20/h4-6,8-9,11,23H,1-3H2/t4-,5-,6+,8+,9-,11+/m1/s1. The third-order valence-electron chi connectivity index (χ3n) is 4.40. The maximum Gasteiger partial charge on any atom is 0.435 e. The van der Waals surface area contributed by atoms with E-state index in [-0.39, 0.29) is 12.8 Å². The summed E-state index contributed by atoms with van der Waals surface area (Å²) in [6.07, 6.45) is -16.8. The van der Waals surface area contributed by atoms with Crippen LogP contribution in [-0.2, 0) is 6.18 Å². The predicted molar refractivity (Wildman–Crippen MR) is 63.6 cm³/mol. The lowest BCUT2D eigenvalue weighted by atomic mass is 9.92. The number of halogens is 7. The summed E-state index contributed by atoms with van der Waals surface area (Å²) in [7, 11) is 0. The molecule has 1 heterocycles. The molecule has 3 nitrogen and oxygen atoms in total. The van der Waals surface area contributed by atoms with E-state index in [0.717, 1.165) is 0 Å². The molecule has 10 heteroatoms. The van der Waals surface area contributed by atoms with Crippen LogP contribution < -0.4 is 0 Å². The number of aliphatic hydroxyl groups is 1. The second-order valence-corrected chi connectivity index (χ2v) is 5.88. The Kier molecular flexibility index (Phi) is 3.85. The fourth-order valence-corrected chi connectivity index (χ4v) is 3.26. The molecule has 0 bridgehead atoms. The van der Waals surface area contributed by atoms with Gasteiger partial charge in [-0.15, -0.1) is 0 Å². The summed E-state index contributed by atoms with van der Waals surface area (Å²) in [6.45, 7) is 0. The van der Waals surface area contributed by atoms with Crippen LogP contribution in [0.3, 0.4) is 0 Å². The molecule has 0 radical (unpaired) electrons. The van der Waals surface area contributed by atoms with E-state index in [1.165, 1.54) is 0 Å². The summed E-state index contributed by atoms with van der Waals surface area (Å²) in [4.78, 5) is 0. The van der Waals surface area contributed by atoms with Crippen LogP contribution in [0.4, 0.5) is 30.7 Å². The maximum absolute atomic E-state index is 14.0. The monoisotopic (exact) mass is 346 g/mol. The van der Waals surface area contributed by atoms with Crippen molar-refractivity contribution in [3.63, 3.8) is 0 Å². The fraction of sp³-hybridized carbons (Fsp3) is 0.769. The second-order valence-electron chi connectivity index (χ2n) is 5.88. The first kappa shape index (κ1) is 16.5. The Hall–Kier alpha value is -1.32. The van der Waals surface area contributed by atoms with Gasteiger partial charge in [-0.05, 0) is 12.8 Å². The first-order valence-electron chi connectivity index (χ1n) is 7.06. The van der Waals surface area contributed by atoms with Gasteiger partial charge in [0.1, 0.15) is 18.4 Å². The van der Waals surface area contributed by atoms with Crippen molar-refractivity contribution in [1.82, 2.24) is 9.78 Å². The summed E-state index contributed by atoms with van der Waals surface area (Å²) >= 11 is 0. The number of hydrogen-bond donors (Lipinski definition) is 1. The molecule has 0 aromatic carbocycles. The Morgan fingerprint density at radius 1 is 1.04 bits per heavy atom. The zero-order valence-electron chi connectivity index (χ0n) is 11.6. The van der Waals surface area contributed by atoms with E-state index in [1.54, 1.807) is 0 Å². The molecule has 2 aliphatic carbocycles. The number of nitrogens with zero attached hydrogens (tertiary/aromatic N) is 2. The van der Waals surface area contributed by atoms with Crippen LogP contribution in [0.5, 0.6) is 0 Å².